The van der Waals surface area contributed by atoms with Crippen LogP contribution in [0.25, 0.3) is 0 Å². The summed E-state index contributed by atoms with van der Waals surface area (Å²) in [4.78, 5) is 13.5. The van der Waals surface area contributed by atoms with Gasteiger partial charge in [0.25, 0.3) is 0 Å². The molecule has 2 heterocycles. The number of aromatic nitrogens is 1. The predicted octanol–water partition coefficient (Wildman–Crippen LogP) is 3.35. The van der Waals surface area contributed by atoms with Gasteiger partial charge in [-0.1, -0.05) is 6.07 Å². The number of ether oxygens (including phenoxy) is 2. The molecule has 0 aliphatic carbocycles. The smallest absolute Gasteiger partial charge is 0.193 e. The lowest BCUT2D eigenvalue weighted by Crippen LogP contribution is -2.39. The van der Waals surface area contributed by atoms with Gasteiger partial charge in [-0.2, -0.15) is 0 Å². The third-order valence-corrected chi connectivity index (χ3v) is 5.22. The summed E-state index contributed by atoms with van der Waals surface area (Å²) in [6.45, 7) is 2.50. The van der Waals surface area contributed by atoms with Crippen molar-refractivity contribution in [3.8, 4) is 11.5 Å². The summed E-state index contributed by atoms with van der Waals surface area (Å²) in [5.41, 5.74) is 2.23. The Labute approximate surface area is 196 Å². The molecule has 1 saturated heterocycles. The van der Waals surface area contributed by atoms with Crippen LogP contribution in [-0.4, -0.2) is 64.3 Å². The van der Waals surface area contributed by atoms with Gasteiger partial charge in [0, 0.05) is 46.2 Å². The zero-order valence-corrected chi connectivity index (χ0v) is 20.7. The van der Waals surface area contributed by atoms with E-state index in [-0.39, 0.29) is 24.0 Å². The Bertz CT molecular complexity index is 837. The Balaban J connectivity index is 0.00000320. The monoisotopic (exact) mass is 525 g/mol. The Morgan fingerprint density at radius 2 is 1.90 bits per heavy atom. The van der Waals surface area contributed by atoms with Crippen LogP contribution in [-0.2, 0) is 6.54 Å². The number of halogens is 1. The van der Waals surface area contributed by atoms with Gasteiger partial charge in [0.2, 0.25) is 0 Å². The number of nitrogens with one attached hydrogen (secondary N) is 1. The highest BCUT2D eigenvalue weighted by atomic mass is 127. The first-order valence-corrected chi connectivity index (χ1v) is 9.86. The van der Waals surface area contributed by atoms with E-state index in [9.17, 15) is 0 Å². The second-order valence-corrected chi connectivity index (χ2v) is 7.36. The number of methoxy groups -OCH3 is 2. The van der Waals surface area contributed by atoms with E-state index in [4.69, 9.17) is 9.47 Å². The van der Waals surface area contributed by atoms with Crippen LogP contribution in [0.4, 0.5) is 5.82 Å². The maximum Gasteiger partial charge on any atom is 0.193 e. The standard InChI is InChI=1S/C22H31N5O2.HI/c1-23-22(24-14-18-7-6-8-21(25-18)26(2)3)27-10-9-16(15-27)17-11-19(28-4)13-20(12-17)29-5;/h6-8,11-13,16H,9-10,14-15H2,1-5H3,(H,23,24);1H. The summed E-state index contributed by atoms with van der Waals surface area (Å²) in [5, 5.41) is 3.46. The molecule has 1 unspecified atom stereocenters. The first-order valence-electron chi connectivity index (χ1n) is 9.86. The van der Waals surface area contributed by atoms with Crippen molar-refractivity contribution in [2.24, 2.45) is 4.99 Å². The van der Waals surface area contributed by atoms with E-state index >= 15 is 0 Å². The molecule has 0 spiro atoms. The lowest BCUT2D eigenvalue weighted by molar-refractivity contribution is 0.392. The molecule has 0 saturated carbocycles. The number of hydrogen-bond acceptors (Lipinski definition) is 5. The Kier molecular flexibility index (Phi) is 9.01. The fourth-order valence-corrected chi connectivity index (χ4v) is 3.61. The first kappa shape index (κ1) is 24.0. The molecule has 0 amide bonds. The number of pyridine rings is 1. The molecule has 30 heavy (non-hydrogen) atoms. The number of likely N-dealkylation sites (tertiary alicyclic amines) is 1. The van der Waals surface area contributed by atoms with Gasteiger partial charge in [-0.25, -0.2) is 4.98 Å². The minimum Gasteiger partial charge on any atom is -0.497 e. The summed E-state index contributed by atoms with van der Waals surface area (Å²) < 4.78 is 10.9. The summed E-state index contributed by atoms with van der Waals surface area (Å²) in [6, 6.07) is 12.2. The van der Waals surface area contributed by atoms with Gasteiger partial charge in [-0.05, 0) is 36.2 Å². The maximum atomic E-state index is 5.43. The average molecular weight is 525 g/mol. The van der Waals surface area contributed by atoms with Crippen LogP contribution in [0.1, 0.15) is 23.6 Å². The van der Waals surface area contributed by atoms with Crippen LogP contribution in [0, 0.1) is 0 Å². The third kappa shape index (κ3) is 5.90. The highest BCUT2D eigenvalue weighted by Gasteiger charge is 2.27. The van der Waals surface area contributed by atoms with Crippen molar-refractivity contribution in [3.63, 3.8) is 0 Å². The fourth-order valence-electron chi connectivity index (χ4n) is 3.61. The van der Waals surface area contributed by atoms with Crippen molar-refractivity contribution in [2.45, 2.75) is 18.9 Å². The minimum atomic E-state index is 0. The summed E-state index contributed by atoms with van der Waals surface area (Å²) >= 11 is 0. The van der Waals surface area contributed by atoms with E-state index in [1.165, 1.54) is 5.56 Å². The highest BCUT2D eigenvalue weighted by Crippen LogP contribution is 2.32. The number of anilines is 1. The largest absolute Gasteiger partial charge is 0.497 e. The van der Waals surface area contributed by atoms with Crippen LogP contribution in [0.5, 0.6) is 11.5 Å². The maximum absolute atomic E-state index is 5.43. The van der Waals surface area contributed by atoms with Crippen LogP contribution >= 0.6 is 24.0 Å². The average Bonchev–Trinajstić information content (AvgIpc) is 3.24. The van der Waals surface area contributed by atoms with Crippen LogP contribution < -0.4 is 19.7 Å². The number of rotatable bonds is 6. The van der Waals surface area contributed by atoms with Gasteiger partial charge < -0.3 is 24.6 Å². The van der Waals surface area contributed by atoms with Crippen LogP contribution in [0.2, 0.25) is 0 Å². The molecule has 8 heteroatoms. The van der Waals surface area contributed by atoms with Crippen molar-refractivity contribution in [1.29, 1.82) is 0 Å². The molecule has 7 nitrogen and oxygen atoms in total. The lowest BCUT2D eigenvalue weighted by Gasteiger charge is -2.22. The molecule has 1 atom stereocenters. The van der Waals surface area contributed by atoms with Crippen molar-refractivity contribution in [1.82, 2.24) is 15.2 Å². The molecule has 0 bridgehead atoms. The van der Waals surface area contributed by atoms with Crippen LogP contribution in [0.15, 0.2) is 41.4 Å². The highest BCUT2D eigenvalue weighted by molar-refractivity contribution is 14.0. The van der Waals surface area contributed by atoms with Gasteiger partial charge >= 0.3 is 0 Å². The molecule has 2 aromatic rings. The number of benzene rings is 1. The van der Waals surface area contributed by atoms with E-state index < -0.39 is 0 Å². The Morgan fingerprint density at radius 1 is 1.20 bits per heavy atom. The molecule has 164 valence electrons. The zero-order valence-electron chi connectivity index (χ0n) is 18.4. The Morgan fingerprint density at radius 3 is 2.50 bits per heavy atom. The second kappa shape index (κ2) is 11.2. The van der Waals surface area contributed by atoms with Gasteiger partial charge in [-0.3, -0.25) is 4.99 Å². The molecule has 1 aromatic heterocycles. The molecule has 1 fully saturated rings. The molecule has 1 aliphatic heterocycles. The number of aliphatic imine (C=N–C) groups is 1. The molecule has 1 aliphatic rings. The molecule has 3 rings (SSSR count). The SMILES string of the molecule is CN=C(NCc1cccc(N(C)C)n1)N1CCC(c2cc(OC)cc(OC)c2)C1.I. The summed E-state index contributed by atoms with van der Waals surface area (Å²) in [7, 11) is 9.19. The molecular formula is C22H32IN5O2. The van der Waals surface area contributed by atoms with Crippen molar-refractivity contribution < 1.29 is 9.47 Å². The van der Waals surface area contributed by atoms with Crippen molar-refractivity contribution in [2.75, 3.05) is 53.4 Å². The number of guanidine groups is 1. The topological polar surface area (TPSA) is 62.2 Å². The van der Waals surface area contributed by atoms with Gasteiger partial charge in [0.05, 0.1) is 26.5 Å². The quantitative estimate of drug-likeness (QED) is 0.355. The van der Waals surface area contributed by atoms with Gasteiger partial charge in [-0.15, -0.1) is 24.0 Å². The summed E-state index contributed by atoms with van der Waals surface area (Å²) in [5.74, 6) is 3.92. The number of nitrogens with zero attached hydrogens (tertiary/aromatic N) is 4. The fraction of sp³-hybridized carbons (Fsp3) is 0.455. The second-order valence-electron chi connectivity index (χ2n) is 7.36. The predicted molar refractivity (Wildman–Crippen MR) is 133 cm³/mol. The molecule has 0 radical (unpaired) electrons. The molecular weight excluding hydrogens is 493 g/mol. The first-order chi connectivity index (χ1) is 14.0. The van der Waals surface area contributed by atoms with Crippen molar-refractivity contribution >= 4 is 35.8 Å². The normalized spacial score (nSPS) is 16.1. The van der Waals surface area contributed by atoms with E-state index in [0.29, 0.717) is 12.5 Å². The zero-order chi connectivity index (χ0) is 20.8. The van der Waals surface area contributed by atoms with Crippen LogP contribution in [0.3, 0.4) is 0 Å². The van der Waals surface area contributed by atoms with Crippen molar-refractivity contribution in [3.05, 3.63) is 47.7 Å². The van der Waals surface area contributed by atoms with E-state index in [1.807, 2.05) is 50.3 Å². The summed E-state index contributed by atoms with van der Waals surface area (Å²) in [6.07, 6.45) is 1.06. The van der Waals surface area contributed by atoms with E-state index in [2.05, 4.69) is 32.3 Å². The van der Waals surface area contributed by atoms with Gasteiger partial charge in [0.1, 0.15) is 17.3 Å². The minimum absolute atomic E-state index is 0. The number of hydrogen-bond donors (Lipinski definition) is 1. The lowest BCUT2D eigenvalue weighted by atomic mass is 9.98. The Hall–Kier alpha value is -2.23. The third-order valence-electron chi connectivity index (χ3n) is 5.22. The van der Waals surface area contributed by atoms with E-state index in [1.54, 1.807) is 14.2 Å². The van der Waals surface area contributed by atoms with E-state index in [0.717, 1.165) is 48.5 Å². The molecule has 1 N–H and O–H groups in total. The molecule has 1 aromatic carbocycles. The van der Waals surface area contributed by atoms with Gasteiger partial charge in [0.15, 0.2) is 5.96 Å².